The molecule has 4 heteroatoms. The van der Waals surface area contributed by atoms with Crippen LogP contribution in [0.3, 0.4) is 0 Å². The monoisotopic (exact) mass is 1270 g/mol. The summed E-state index contributed by atoms with van der Waals surface area (Å²) in [6.45, 7) is -0.255. The molecule has 0 atom stereocenters. The van der Waals surface area contributed by atoms with Gasteiger partial charge in [-0.3, -0.25) is 0 Å². The van der Waals surface area contributed by atoms with Crippen LogP contribution < -0.4 is 21.3 Å². The van der Waals surface area contributed by atoms with Crippen LogP contribution >= 0.6 is 0 Å². The van der Waals surface area contributed by atoms with Crippen molar-refractivity contribution < 1.29 is 0 Å². The van der Waals surface area contributed by atoms with E-state index in [0.29, 0.717) is 0 Å². The summed E-state index contributed by atoms with van der Waals surface area (Å²) in [6.07, 6.45) is 0. The lowest BCUT2D eigenvalue weighted by Gasteiger charge is -2.42. The van der Waals surface area contributed by atoms with Gasteiger partial charge in [-0.1, -0.05) is 291 Å². The van der Waals surface area contributed by atoms with Gasteiger partial charge in [-0.15, -0.1) is 0 Å². The highest BCUT2D eigenvalue weighted by atomic mass is 15.2. The molecule has 2 aliphatic rings. The number of fused-ring (bicyclic) bond motifs is 10. The highest BCUT2D eigenvalue weighted by Gasteiger charge is 2.45. The highest BCUT2D eigenvalue weighted by Crippen LogP contribution is 2.53. The lowest BCUT2D eigenvalue weighted by Crippen LogP contribution is -2.60. The number of nitrogens with zero attached hydrogens (tertiary/aromatic N) is 3. The maximum Gasteiger partial charge on any atom is 0.252 e. The molecule has 0 radical (unpaired) electrons. The Balaban J connectivity index is 0.961. The molecule has 18 aromatic rings. The smallest absolute Gasteiger partial charge is 0.252 e. The molecule has 16 aromatic carbocycles. The van der Waals surface area contributed by atoms with Gasteiger partial charge >= 0.3 is 0 Å². The zero-order chi connectivity index (χ0) is 65.8. The second kappa shape index (κ2) is 23.4. The number of anilines is 3. The minimum atomic E-state index is -0.255. The van der Waals surface area contributed by atoms with Crippen LogP contribution in [0, 0.1) is 0 Å². The Bertz CT molecular complexity index is 6170. The molecule has 2 aliphatic heterocycles. The third-order valence-electron chi connectivity index (χ3n) is 21.0. The van der Waals surface area contributed by atoms with Gasteiger partial charge in [0.2, 0.25) is 0 Å². The van der Waals surface area contributed by atoms with E-state index in [-0.39, 0.29) is 6.71 Å². The van der Waals surface area contributed by atoms with Crippen molar-refractivity contribution in [2.45, 2.75) is 0 Å². The Morgan fingerprint density at radius 2 is 0.590 bits per heavy atom. The Kier molecular flexibility index (Phi) is 13.4. The van der Waals surface area contributed by atoms with E-state index >= 15 is 0 Å². The molecule has 20 rings (SSSR count). The molecular formula is C96H62BN3. The molecule has 2 aromatic heterocycles. The van der Waals surface area contributed by atoms with E-state index in [2.05, 4.69) is 390 Å². The zero-order valence-corrected chi connectivity index (χ0v) is 54.7. The Morgan fingerprint density at radius 3 is 1.13 bits per heavy atom. The van der Waals surface area contributed by atoms with Crippen molar-refractivity contribution in [3.8, 4) is 112 Å². The third-order valence-corrected chi connectivity index (χ3v) is 21.0. The number of aromatic nitrogens is 2. The number of benzene rings is 16. The van der Waals surface area contributed by atoms with Crippen LogP contribution in [0.5, 0.6) is 0 Å². The summed E-state index contributed by atoms with van der Waals surface area (Å²) in [5, 5.41) is 4.79. The fraction of sp³-hybridized carbons (Fsp3) is 0. The van der Waals surface area contributed by atoms with Crippen molar-refractivity contribution in [2.75, 3.05) is 4.90 Å². The second-order valence-corrected chi connectivity index (χ2v) is 26.7. The minimum absolute atomic E-state index is 0.255. The Morgan fingerprint density at radius 1 is 0.200 bits per heavy atom. The Hall–Kier alpha value is -13.0. The average molecular weight is 1270 g/mol. The van der Waals surface area contributed by atoms with Gasteiger partial charge in [0.05, 0.1) is 22.2 Å². The minimum Gasteiger partial charge on any atom is -0.310 e. The molecule has 0 unspecified atom stereocenters. The normalized spacial score (nSPS) is 12.2. The van der Waals surface area contributed by atoms with Crippen molar-refractivity contribution in [3.63, 3.8) is 0 Å². The van der Waals surface area contributed by atoms with E-state index in [4.69, 9.17) is 0 Å². The maximum absolute atomic E-state index is 2.71. The standard InChI is InChI=1S/C96H62BN3/c1-9-27-63(28-10-1)70-41-25-43-72(51-70)74-48-50-88-83(53-74)85-56-77(73-44-26-42-71(52-73)64-29-11-2-12-30-64)57-87-96(85)99(88)92-59-78(67-35-17-5-18-36-67)60-93-94(92)97(87)86-62-90-84(80-49-47-75(65-31-13-3-14-32-65)58-89(80)98(90)79-45-23-8-24-46-79)61-91(86)100(93)95-81(68-37-19-6-20-38-68)54-76(66-33-15-4-16-34-66)55-82(95)69-39-21-7-22-40-69/h1-62H. The molecule has 0 N–H and O–H groups in total. The first kappa shape index (κ1) is 57.3. The number of hydrogen-bond donors (Lipinski definition) is 0. The third kappa shape index (κ3) is 9.37. The summed E-state index contributed by atoms with van der Waals surface area (Å²) in [5.74, 6) is 0. The first-order chi connectivity index (χ1) is 49.6. The summed E-state index contributed by atoms with van der Waals surface area (Å²) >= 11 is 0. The van der Waals surface area contributed by atoms with Crippen LogP contribution in [-0.2, 0) is 0 Å². The molecule has 3 nitrogen and oxygen atoms in total. The quantitative estimate of drug-likeness (QED) is 0.118. The van der Waals surface area contributed by atoms with E-state index in [0.717, 1.165) is 83.8 Å². The van der Waals surface area contributed by atoms with Crippen molar-refractivity contribution in [1.82, 2.24) is 9.13 Å². The van der Waals surface area contributed by atoms with Crippen LogP contribution in [0.4, 0.5) is 17.1 Å². The van der Waals surface area contributed by atoms with E-state index < -0.39 is 0 Å². The van der Waals surface area contributed by atoms with Crippen LogP contribution in [-0.4, -0.2) is 15.8 Å². The molecule has 0 saturated carbocycles. The van der Waals surface area contributed by atoms with E-state index in [1.54, 1.807) is 0 Å². The van der Waals surface area contributed by atoms with Crippen molar-refractivity contribution in [2.24, 2.45) is 0 Å². The largest absolute Gasteiger partial charge is 0.310 e. The molecule has 0 bridgehead atoms. The van der Waals surface area contributed by atoms with Crippen LogP contribution in [0.2, 0.25) is 0 Å². The lowest BCUT2D eigenvalue weighted by molar-refractivity contribution is 1.17. The first-order valence-corrected chi connectivity index (χ1v) is 34.7. The predicted molar refractivity (Wildman–Crippen MR) is 423 cm³/mol. The fourth-order valence-electron chi connectivity index (χ4n) is 16.5. The molecule has 0 saturated heterocycles. The molecule has 100 heavy (non-hydrogen) atoms. The van der Waals surface area contributed by atoms with E-state index in [1.165, 1.54) is 105 Å². The van der Waals surface area contributed by atoms with Gasteiger partial charge in [0.15, 0.2) is 0 Å². The van der Waals surface area contributed by atoms with Gasteiger partial charge in [-0.05, 0) is 190 Å². The highest BCUT2D eigenvalue weighted by molar-refractivity contribution is 7.00. The summed E-state index contributed by atoms with van der Waals surface area (Å²) in [5.41, 5.74) is 35.1. The van der Waals surface area contributed by atoms with Crippen molar-refractivity contribution >= 4 is 83.8 Å². The van der Waals surface area contributed by atoms with Gasteiger partial charge in [-0.2, -0.15) is 0 Å². The second-order valence-electron chi connectivity index (χ2n) is 26.7. The van der Waals surface area contributed by atoms with Crippen LogP contribution in [0.1, 0.15) is 0 Å². The molecule has 0 aliphatic carbocycles. The van der Waals surface area contributed by atoms with Crippen LogP contribution in [0.25, 0.3) is 155 Å². The summed E-state index contributed by atoms with van der Waals surface area (Å²) in [7, 11) is 0. The number of hydrogen-bond acceptors (Lipinski definition) is 1. The van der Waals surface area contributed by atoms with Crippen molar-refractivity contribution in [3.05, 3.63) is 376 Å². The molecule has 0 amide bonds. The number of rotatable bonds is 11. The number of para-hydroxylation sites is 1. The van der Waals surface area contributed by atoms with Gasteiger partial charge in [0.1, 0.15) is 0 Å². The van der Waals surface area contributed by atoms with Crippen LogP contribution in [0.15, 0.2) is 376 Å². The lowest BCUT2D eigenvalue weighted by atomic mass is 9.33. The fourth-order valence-corrected chi connectivity index (χ4v) is 16.5. The van der Waals surface area contributed by atoms with E-state index in [9.17, 15) is 0 Å². The van der Waals surface area contributed by atoms with Gasteiger partial charge in [0, 0.05) is 60.9 Å². The molecule has 0 fully saturated rings. The topological polar surface area (TPSA) is 13.1 Å². The maximum atomic E-state index is 2.71. The van der Waals surface area contributed by atoms with Gasteiger partial charge in [-0.25, -0.2) is 0 Å². The SMILES string of the molecule is c1ccc(-c2cccc(-c3ccc4c(c3)c3cc(-c5cccc(-c6ccccc6)c5)cc5c3n4-c3cc(-c4ccccc4)cc4c3B5c3cc5c(cc3N4c3c(-c4ccccc4)cc(-c4ccccc4)cc3-c3ccccc3)c3ccc(-c4ccccc4)cc3n5-c3ccccc3)c2)cc1. The van der Waals surface area contributed by atoms with E-state index in [1.807, 2.05) is 0 Å². The first-order valence-electron chi connectivity index (χ1n) is 34.7. The van der Waals surface area contributed by atoms with Gasteiger partial charge in [0.25, 0.3) is 6.71 Å². The zero-order valence-electron chi connectivity index (χ0n) is 54.7. The summed E-state index contributed by atoms with van der Waals surface area (Å²) in [4.78, 5) is 2.71. The van der Waals surface area contributed by atoms with Gasteiger partial charge < -0.3 is 14.0 Å². The molecule has 0 spiro atoms. The molecule has 464 valence electrons. The predicted octanol–water partition coefficient (Wildman–Crippen LogP) is 23.5. The Labute approximate surface area is 581 Å². The summed E-state index contributed by atoms with van der Waals surface area (Å²) < 4.78 is 5.18. The van der Waals surface area contributed by atoms with Crippen molar-refractivity contribution in [1.29, 1.82) is 0 Å². The molecule has 4 heterocycles. The summed E-state index contributed by atoms with van der Waals surface area (Å²) in [6, 6.07) is 141. The molecular weight excluding hydrogens is 1210 g/mol. The average Bonchev–Trinajstić information content (AvgIpc) is 1.35.